The highest BCUT2D eigenvalue weighted by atomic mass is 32.2. The topological polar surface area (TPSA) is 72.8 Å². The van der Waals surface area contributed by atoms with Crippen molar-refractivity contribution in [3.05, 3.63) is 65.7 Å². The summed E-state index contributed by atoms with van der Waals surface area (Å²) >= 11 is 0. The highest BCUT2D eigenvalue weighted by Crippen LogP contribution is 2.15. The average molecular weight is 331 g/mol. The number of carbonyl (C=O) groups excluding carboxylic acids is 1. The fourth-order valence-corrected chi connectivity index (χ4v) is 2.89. The van der Waals surface area contributed by atoms with E-state index in [1.54, 1.807) is 49.4 Å². The summed E-state index contributed by atoms with van der Waals surface area (Å²) < 4.78 is 33.5. The highest BCUT2D eigenvalue weighted by molar-refractivity contribution is 7.90. The van der Waals surface area contributed by atoms with E-state index >= 15 is 0 Å². The highest BCUT2D eigenvalue weighted by Gasteiger charge is 2.21. The average Bonchev–Trinajstić information content (AvgIpc) is 2.54. The van der Waals surface area contributed by atoms with Crippen molar-refractivity contribution in [2.45, 2.75) is 18.7 Å². The molecule has 2 aromatic rings. The molecule has 0 fully saturated rings. The van der Waals surface area contributed by atoms with Gasteiger partial charge in [0.2, 0.25) is 0 Å². The Morgan fingerprint density at radius 2 is 1.65 bits per heavy atom. The maximum absolute atomic E-state index is 12.4. The minimum absolute atomic E-state index is 0.0285. The van der Waals surface area contributed by atoms with Gasteiger partial charge in [0.15, 0.2) is 5.71 Å². The lowest BCUT2D eigenvalue weighted by Gasteiger charge is -2.07. The second-order valence-corrected chi connectivity index (χ2v) is 6.42. The van der Waals surface area contributed by atoms with E-state index in [1.165, 1.54) is 12.1 Å². The number of carbonyl (C=O) groups is 1. The maximum atomic E-state index is 12.4. The van der Waals surface area contributed by atoms with Gasteiger partial charge < -0.3 is 4.74 Å². The Hall–Kier alpha value is -2.47. The van der Waals surface area contributed by atoms with Crippen LogP contribution in [0.5, 0.6) is 0 Å². The molecule has 0 unspecified atom stereocenters. The second kappa shape index (κ2) is 7.19. The lowest BCUT2D eigenvalue weighted by Crippen LogP contribution is -2.20. The van der Waals surface area contributed by atoms with E-state index in [1.807, 2.05) is 6.92 Å². The van der Waals surface area contributed by atoms with E-state index in [2.05, 4.69) is 4.40 Å². The molecule has 0 saturated carbocycles. The van der Waals surface area contributed by atoms with E-state index < -0.39 is 16.0 Å². The fourth-order valence-electron chi connectivity index (χ4n) is 1.89. The zero-order valence-electron chi connectivity index (χ0n) is 12.9. The molecule has 0 N–H and O–H groups in total. The molecule has 0 aliphatic rings. The van der Waals surface area contributed by atoms with Crippen LogP contribution in [0.1, 0.15) is 18.1 Å². The Morgan fingerprint density at radius 1 is 1.04 bits per heavy atom. The quantitative estimate of drug-likeness (QED) is 0.624. The van der Waals surface area contributed by atoms with Crippen LogP contribution >= 0.6 is 0 Å². The number of rotatable bonds is 5. The van der Waals surface area contributed by atoms with Crippen molar-refractivity contribution in [1.29, 1.82) is 0 Å². The predicted molar refractivity (Wildman–Crippen MR) is 88.0 cm³/mol. The summed E-state index contributed by atoms with van der Waals surface area (Å²) in [6.45, 7) is 3.64. The van der Waals surface area contributed by atoms with Gasteiger partial charge in [-0.05, 0) is 26.0 Å². The van der Waals surface area contributed by atoms with Crippen LogP contribution in [0, 0.1) is 6.92 Å². The molecular formula is C17H17NO4S. The largest absolute Gasteiger partial charge is 0.461 e. The summed E-state index contributed by atoms with van der Waals surface area (Å²) in [4.78, 5) is 12.1. The summed E-state index contributed by atoms with van der Waals surface area (Å²) in [5, 5.41) is 0. The molecule has 2 rings (SSSR count). The molecule has 0 radical (unpaired) electrons. The second-order valence-electron chi connectivity index (χ2n) is 4.81. The van der Waals surface area contributed by atoms with Crippen LogP contribution < -0.4 is 0 Å². The summed E-state index contributed by atoms with van der Waals surface area (Å²) in [5.74, 6) is -0.769. The van der Waals surface area contributed by atoms with Crippen molar-refractivity contribution in [3.63, 3.8) is 0 Å². The van der Waals surface area contributed by atoms with Crippen molar-refractivity contribution in [3.8, 4) is 0 Å². The Labute approximate surface area is 135 Å². The van der Waals surface area contributed by atoms with E-state index in [0.717, 1.165) is 5.56 Å². The molecular weight excluding hydrogens is 314 g/mol. The van der Waals surface area contributed by atoms with Gasteiger partial charge in [-0.3, -0.25) is 0 Å². The molecule has 0 aromatic heterocycles. The molecule has 6 heteroatoms. The third-order valence-corrected chi connectivity index (χ3v) is 4.34. The third-order valence-electron chi connectivity index (χ3n) is 3.05. The van der Waals surface area contributed by atoms with Crippen LogP contribution in [-0.2, 0) is 19.6 Å². The number of hydrogen-bond donors (Lipinski definition) is 0. The van der Waals surface area contributed by atoms with Gasteiger partial charge in [0.1, 0.15) is 0 Å². The van der Waals surface area contributed by atoms with Gasteiger partial charge in [-0.1, -0.05) is 48.0 Å². The Bertz CT molecular complexity index is 809. The Kier molecular flexibility index (Phi) is 5.28. The summed E-state index contributed by atoms with van der Waals surface area (Å²) in [6, 6.07) is 14.7. The Morgan fingerprint density at radius 3 is 2.22 bits per heavy atom. The maximum Gasteiger partial charge on any atom is 0.358 e. The SMILES string of the molecule is CCOC(=O)C(=NS(=O)(=O)c1ccc(C)cc1)c1ccccc1. The molecule has 2 aromatic carbocycles. The van der Waals surface area contributed by atoms with Gasteiger partial charge in [-0.25, -0.2) is 4.79 Å². The van der Waals surface area contributed by atoms with Crippen molar-refractivity contribution in [1.82, 2.24) is 0 Å². The van der Waals surface area contributed by atoms with Crippen molar-refractivity contribution >= 4 is 21.7 Å². The molecule has 0 heterocycles. The van der Waals surface area contributed by atoms with Crippen LogP contribution in [-0.4, -0.2) is 26.7 Å². The molecule has 5 nitrogen and oxygen atoms in total. The van der Waals surface area contributed by atoms with E-state index in [4.69, 9.17) is 4.74 Å². The summed E-state index contributed by atoms with van der Waals surface area (Å²) in [5.41, 5.74) is 1.09. The minimum Gasteiger partial charge on any atom is -0.461 e. The zero-order chi connectivity index (χ0) is 16.9. The molecule has 0 spiro atoms. The van der Waals surface area contributed by atoms with Crippen molar-refractivity contribution in [2.75, 3.05) is 6.61 Å². The lowest BCUT2D eigenvalue weighted by molar-refractivity contribution is -0.134. The molecule has 0 bridgehead atoms. The number of sulfonamides is 1. The van der Waals surface area contributed by atoms with Crippen molar-refractivity contribution in [2.24, 2.45) is 4.40 Å². The monoisotopic (exact) mass is 331 g/mol. The first-order valence-electron chi connectivity index (χ1n) is 7.08. The lowest BCUT2D eigenvalue weighted by atomic mass is 10.1. The minimum atomic E-state index is -4.00. The molecule has 0 aliphatic heterocycles. The number of esters is 1. The van der Waals surface area contributed by atoms with Gasteiger partial charge in [-0.15, -0.1) is 0 Å². The van der Waals surface area contributed by atoms with E-state index in [0.29, 0.717) is 5.56 Å². The zero-order valence-corrected chi connectivity index (χ0v) is 13.7. The number of nitrogens with zero attached hydrogens (tertiary/aromatic N) is 1. The third kappa shape index (κ3) is 4.26. The number of ether oxygens (including phenoxy) is 1. The van der Waals surface area contributed by atoms with Gasteiger partial charge in [0.05, 0.1) is 11.5 Å². The molecule has 23 heavy (non-hydrogen) atoms. The Balaban J connectivity index is 2.51. The smallest absolute Gasteiger partial charge is 0.358 e. The predicted octanol–water partition coefficient (Wildman–Crippen LogP) is 2.74. The first-order valence-corrected chi connectivity index (χ1v) is 8.52. The molecule has 120 valence electrons. The molecule has 0 saturated heterocycles. The first-order chi connectivity index (χ1) is 10.9. The van der Waals surface area contributed by atoms with Gasteiger partial charge in [-0.2, -0.15) is 12.8 Å². The van der Waals surface area contributed by atoms with Crippen LogP contribution in [0.15, 0.2) is 63.9 Å². The molecule has 0 amide bonds. The van der Waals surface area contributed by atoms with Gasteiger partial charge in [0.25, 0.3) is 10.0 Å². The first kappa shape index (κ1) is 16.9. The van der Waals surface area contributed by atoms with Crippen LogP contribution in [0.3, 0.4) is 0 Å². The molecule has 0 atom stereocenters. The van der Waals surface area contributed by atoms with Gasteiger partial charge in [0, 0.05) is 5.56 Å². The normalized spacial score (nSPS) is 12.0. The summed E-state index contributed by atoms with van der Waals surface area (Å²) in [7, 11) is -4.00. The molecule has 0 aliphatic carbocycles. The number of aryl methyl sites for hydroxylation is 1. The van der Waals surface area contributed by atoms with Crippen LogP contribution in [0.4, 0.5) is 0 Å². The van der Waals surface area contributed by atoms with Gasteiger partial charge >= 0.3 is 5.97 Å². The van der Waals surface area contributed by atoms with Crippen LogP contribution in [0.25, 0.3) is 0 Å². The van der Waals surface area contributed by atoms with E-state index in [-0.39, 0.29) is 17.2 Å². The number of benzene rings is 2. The standard InChI is InChI=1S/C17H17NO4S/c1-3-22-17(19)16(14-7-5-4-6-8-14)18-23(20,21)15-11-9-13(2)10-12-15/h4-12H,3H2,1-2H3. The van der Waals surface area contributed by atoms with Crippen molar-refractivity contribution < 1.29 is 17.9 Å². The van der Waals surface area contributed by atoms with Crippen LogP contribution in [0.2, 0.25) is 0 Å². The van der Waals surface area contributed by atoms with E-state index in [9.17, 15) is 13.2 Å². The number of hydrogen-bond acceptors (Lipinski definition) is 4. The fraction of sp³-hybridized carbons (Fsp3) is 0.176. The summed E-state index contributed by atoms with van der Waals surface area (Å²) in [6.07, 6.45) is 0.